The maximum atomic E-state index is 12.1. The van der Waals surface area contributed by atoms with Crippen LogP contribution in [-0.2, 0) is 9.59 Å². The number of nitrogens with zero attached hydrogens (tertiary/aromatic N) is 3. The van der Waals surface area contributed by atoms with Gasteiger partial charge in [-0.05, 0) is 46.6 Å². The Morgan fingerprint density at radius 3 is 2.59 bits per heavy atom. The van der Waals surface area contributed by atoms with E-state index in [0.29, 0.717) is 6.04 Å². The Kier molecular flexibility index (Phi) is 6.10. The predicted octanol–water partition coefficient (Wildman–Crippen LogP) is 2.78. The van der Waals surface area contributed by atoms with Gasteiger partial charge < -0.3 is 9.88 Å². The fraction of sp³-hybridized carbons (Fsp3) is 0.619. The summed E-state index contributed by atoms with van der Waals surface area (Å²) in [4.78, 5) is 37.1. The molecule has 1 saturated carbocycles. The first-order valence-corrected chi connectivity index (χ1v) is 10.3. The lowest BCUT2D eigenvalue weighted by molar-refractivity contribution is -0.130. The number of carbonyl (C=O) groups is 3. The Balaban J connectivity index is 1.54. The van der Waals surface area contributed by atoms with Gasteiger partial charge in [-0.25, -0.2) is 10.2 Å². The van der Waals surface area contributed by atoms with Crippen LogP contribution in [0.4, 0.5) is 4.79 Å². The molecule has 4 amide bonds. The van der Waals surface area contributed by atoms with Gasteiger partial charge in [-0.1, -0.05) is 19.3 Å². The second-order valence-electron chi connectivity index (χ2n) is 8.54. The number of hydrazone groups is 1. The fourth-order valence-corrected chi connectivity index (χ4v) is 4.30. The lowest BCUT2D eigenvalue weighted by Crippen LogP contribution is -2.40. The maximum Gasteiger partial charge on any atom is 0.325 e. The van der Waals surface area contributed by atoms with Gasteiger partial charge in [-0.2, -0.15) is 5.10 Å². The van der Waals surface area contributed by atoms with Gasteiger partial charge in [0.15, 0.2) is 0 Å². The minimum atomic E-state index is -0.924. The van der Waals surface area contributed by atoms with Crippen molar-refractivity contribution in [3.8, 4) is 0 Å². The maximum absolute atomic E-state index is 12.1. The largest absolute Gasteiger partial charge is 0.345 e. The monoisotopic (exact) mass is 401 g/mol. The van der Waals surface area contributed by atoms with E-state index in [1.807, 2.05) is 0 Å². The fourth-order valence-electron chi connectivity index (χ4n) is 4.30. The second-order valence-corrected chi connectivity index (χ2v) is 8.54. The minimum Gasteiger partial charge on any atom is -0.345 e. The summed E-state index contributed by atoms with van der Waals surface area (Å²) in [5, 5.41) is 6.67. The van der Waals surface area contributed by atoms with Crippen LogP contribution >= 0.6 is 0 Å². The third-order valence-electron chi connectivity index (χ3n) is 5.86. The highest BCUT2D eigenvalue weighted by Crippen LogP contribution is 2.31. The Morgan fingerprint density at radius 1 is 1.28 bits per heavy atom. The van der Waals surface area contributed by atoms with E-state index in [1.165, 1.54) is 37.8 Å². The molecular formula is C21H31N5O3. The van der Waals surface area contributed by atoms with E-state index in [4.69, 9.17) is 0 Å². The van der Waals surface area contributed by atoms with Crippen LogP contribution in [0.5, 0.6) is 0 Å². The number of nitrogens with one attached hydrogen (secondary N) is 2. The number of urea groups is 1. The molecular weight excluding hydrogens is 370 g/mol. The molecule has 2 heterocycles. The lowest BCUT2D eigenvalue weighted by Gasteiger charge is -2.26. The number of rotatable bonds is 6. The van der Waals surface area contributed by atoms with Gasteiger partial charge in [-0.3, -0.25) is 14.5 Å². The van der Waals surface area contributed by atoms with Crippen LogP contribution < -0.4 is 10.7 Å². The van der Waals surface area contributed by atoms with E-state index in [0.717, 1.165) is 16.2 Å². The molecule has 2 aliphatic rings. The van der Waals surface area contributed by atoms with Crippen LogP contribution in [0.15, 0.2) is 11.2 Å². The van der Waals surface area contributed by atoms with Crippen molar-refractivity contribution in [1.82, 2.24) is 20.2 Å². The van der Waals surface area contributed by atoms with Crippen LogP contribution in [0.3, 0.4) is 0 Å². The summed E-state index contributed by atoms with van der Waals surface area (Å²) < 4.78 is 2.39. The summed E-state index contributed by atoms with van der Waals surface area (Å²) in [7, 11) is 0. The van der Waals surface area contributed by atoms with Crippen molar-refractivity contribution in [3.05, 3.63) is 23.0 Å². The highest BCUT2D eigenvalue weighted by atomic mass is 16.2. The molecule has 158 valence electrons. The van der Waals surface area contributed by atoms with Crippen molar-refractivity contribution in [2.75, 3.05) is 6.54 Å². The lowest BCUT2D eigenvalue weighted by atomic mass is 9.95. The normalized spacial score (nSPS) is 19.8. The summed E-state index contributed by atoms with van der Waals surface area (Å²) in [6, 6.07) is 2.18. The van der Waals surface area contributed by atoms with Crippen LogP contribution in [0.25, 0.3) is 0 Å². The molecule has 1 aliphatic heterocycles. The van der Waals surface area contributed by atoms with Gasteiger partial charge in [0.1, 0.15) is 5.54 Å². The highest BCUT2D eigenvalue weighted by molar-refractivity contribution is 6.06. The zero-order valence-electron chi connectivity index (χ0n) is 17.7. The molecule has 1 aromatic heterocycles. The molecule has 0 unspecified atom stereocenters. The van der Waals surface area contributed by atoms with Crippen molar-refractivity contribution in [1.29, 1.82) is 0 Å². The SMILES string of the molecule is Cc1cc(/C=N\NC(=O)CCN2C(=O)NC(C)(C)C2=O)c(C)n1C1CCCCC1. The third-order valence-corrected chi connectivity index (χ3v) is 5.86. The Morgan fingerprint density at radius 2 is 1.97 bits per heavy atom. The van der Waals surface area contributed by atoms with Crippen LogP contribution in [0, 0.1) is 13.8 Å². The molecule has 2 N–H and O–H groups in total. The quantitative estimate of drug-likeness (QED) is 0.436. The second kappa shape index (κ2) is 8.39. The molecule has 0 bridgehead atoms. The number of imide groups is 1. The van der Waals surface area contributed by atoms with Crippen molar-refractivity contribution in [2.24, 2.45) is 5.10 Å². The van der Waals surface area contributed by atoms with E-state index in [9.17, 15) is 14.4 Å². The number of hydrogen-bond donors (Lipinski definition) is 2. The van der Waals surface area contributed by atoms with Crippen LogP contribution in [0.2, 0.25) is 0 Å². The van der Waals surface area contributed by atoms with E-state index < -0.39 is 11.6 Å². The van der Waals surface area contributed by atoms with E-state index in [2.05, 4.69) is 40.3 Å². The highest BCUT2D eigenvalue weighted by Gasteiger charge is 2.43. The van der Waals surface area contributed by atoms with Gasteiger partial charge in [0.2, 0.25) is 5.91 Å². The zero-order valence-corrected chi connectivity index (χ0v) is 17.7. The first kappa shape index (κ1) is 21.1. The number of carbonyl (C=O) groups excluding carboxylic acids is 3. The van der Waals surface area contributed by atoms with Crippen molar-refractivity contribution in [3.63, 3.8) is 0 Å². The number of aromatic nitrogens is 1. The molecule has 2 fully saturated rings. The summed E-state index contributed by atoms with van der Waals surface area (Å²) in [5.74, 6) is -0.665. The Hall–Kier alpha value is -2.64. The summed E-state index contributed by atoms with van der Waals surface area (Å²) in [5.41, 5.74) is 4.93. The third kappa shape index (κ3) is 4.52. The first-order valence-electron chi connectivity index (χ1n) is 10.3. The average molecular weight is 402 g/mol. The van der Waals surface area contributed by atoms with E-state index in [-0.39, 0.29) is 24.8 Å². The van der Waals surface area contributed by atoms with E-state index in [1.54, 1.807) is 20.1 Å². The minimum absolute atomic E-state index is 0.00761. The summed E-state index contributed by atoms with van der Waals surface area (Å²) >= 11 is 0. The molecule has 0 aromatic carbocycles. The van der Waals surface area contributed by atoms with Crippen LogP contribution in [0.1, 0.15) is 75.4 Å². The molecule has 0 spiro atoms. The van der Waals surface area contributed by atoms with Gasteiger partial charge in [0.05, 0.1) is 6.21 Å². The molecule has 3 rings (SSSR count). The zero-order chi connectivity index (χ0) is 21.2. The van der Waals surface area contributed by atoms with Crippen molar-refractivity contribution < 1.29 is 14.4 Å². The topological polar surface area (TPSA) is 95.8 Å². The molecule has 1 saturated heterocycles. The average Bonchev–Trinajstić information content (AvgIpc) is 3.05. The molecule has 8 nitrogen and oxygen atoms in total. The molecule has 0 atom stereocenters. The summed E-state index contributed by atoms with van der Waals surface area (Å²) in [6.45, 7) is 7.51. The number of hydrogen-bond acceptors (Lipinski definition) is 4. The molecule has 29 heavy (non-hydrogen) atoms. The smallest absolute Gasteiger partial charge is 0.325 e. The van der Waals surface area contributed by atoms with Crippen molar-refractivity contribution in [2.45, 2.75) is 77.8 Å². The first-order chi connectivity index (χ1) is 13.7. The number of amides is 4. The molecule has 1 aliphatic carbocycles. The summed E-state index contributed by atoms with van der Waals surface area (Å²) in [6.07, 6.45) is 7.96. The van der Waals surface area contributed by atoms with Gasteiger partial charge in [-0.15, -0.1) is 0 Å². The van der Waals surface area contributed by atoms with E-state index >= 15 is 0 Å². The van der Waals surface area contributed by atoms with Gasteiger partial charge in [0, 0.05) is 36.0 Å². The Bertz CT molecular complexity index is 834. The molecule has 1 aromatic rings. The molecule has 8 heteroatoms. The van der Waals surface area contributed by atoms with Gasteiger partial charge in [0.25, 0.3) is 5.91 Å². The Labute approximate surface area is 171 Å². The van der Waals surface area contributed by atoms with Crippen molar-refractivity contribution >= 4 is 24.1 Å². The van der Waals surface area contributed by atoms with Gasteiger partial charge >= 0.3 is 6.03 Å². The predicted molar refractivity (Wildman–Crippen MR) is 111 cm³/mol. The molecule has 0 radical (unpaired) electrons. The number of aryl methyl sites for hydroxylation is 1. The standard InChI is InChI=1S/C21H31N5O3/c1-14-12-16(15(2)26(14)17-8-6-5-7-9-17)13-22-24-18(27)10-11-25-19(28)21(3,4)23-20(25)29/h12-13,17H,5-11H2,1-4H3,(H,23,29)(H,24,27)/b22-13-. The van der Waals surface area contributed by atoms with Crippen LogP contribution in [-0.4, -0.2) is 45.6 Å².